The number of anilines is 3. The summed E-state index contributed by atoms with van der Waals surface area (Å²) in [6.45, 7) is 10.6. The summed E-state index contributed by atoms with van der Waals surface area (Å²) < 4.78 is 16.6. The SMILES string of the molecule is C=CC(=O)OC(C)c1cc(C(C)OC(=O)C=C)cc(N(c2ccc(OC)cc2)c2ccc3c(ccc4ccccc43)c2)c1. The molecule has 2 atom stereocenters. The summed E-state index contributed by atoms with van der Waals surface area (Å²) in [6, 6.07) is 32.6. The highest BCUT2D eigenvalue weighted by atomic mass is 16.5. The Balaban J connectivity index is 1.70. The van der Waals surface area contributed by atoms with Crippen LogP contribution in [0.3, 0.4) is 0 Å². The van der Waals surface area contributed by atoms with Crippen molar-refractivity contribution in [3.63, 3.8) is 0 Å². The first-order valence-corrected chi connectivity index (χ1v) is 14.0. The molecule has 0 aromatic heterocycles. The van der Waals surface area contributed by atoms with Gasteiger partial charge in [0.25, 0.3) is 0 Å². The van der Waals surface area contributed by atoms with Crippen molar-refractivity contribution >= 4 is 50.5 Å². The van der Waals surface area contributed by atoms with Gasteiger partial charge >= 0.3 is 11.9 Å². The van der Waals surface area contributed by atoms with Gasteiger partial charge in [-0.05, 0) is 101 Å². The lowest BCUT2D eigenvalue weighted by Crippen LogP contribution is -2.14. The molecule has 0 heterocycles. The molecular formula is C37H33NO5. The summed E-state index contributed by atoms with van der Waals surface area (Å²) in [6.07, 6.45) is 1.09. The van der Waals surface area contributed by atoms with Crippen molar-refractivity contribution in [3.8, 4) is 5.75 Å². The molecule has 0 aliphatic heterocycles. The van der Waals surface area contributed by atoms with Gasteiger partial charge in [-0.3, -0.25) is 0 Å². The summed E-state index contributed by atoms with van der Waals surface area (Å²) in [5, 5.41) is 4.61. The first-order chi connectivity index (χ1) is 20.8. The lowest BCUT2D eigenvalue weighted by Gasteiger charge is -2.28. The molecule has 0 amide bonds. The number of fused-ring (bicyclic) bond motifs is 3. The molecule has 43 heavy (non-hydrogen) atoms. The van der Waals surface area contributed by atoms with E-state index in [4.69, 9.17) is 14.2 Å². The maximum Gasteiger partial charge on any atom is 0.330 e. The van der Waals surface area contributed by atoms with Gasteiger partial charge in [-0.25, -0.2) is 9.59 Å². The predicted octanol–water partition coefficient (Wildman–Crippen LogP) is 9.05. The lowest BCUT2D eigenvalue weighted by atomic mass is 9.99. The number of esters is 2. The van der Waals surface area contributed by atoms with E-state index in [0.717, 1.165) is 56.9 Å². The molecule has 0 spiro atoms. The van der Waals surface area contributed by atoms with Gasteiger partial charge in [0.05, 0.1) is 7.11 Å². The van der Waals surface area contributed by atoms with E-state index in [-0.39, 0.29) is 0 Å². The zero-order valence-electron chi connectivity index (χ0n) is 24.4. The number of methoxy groups -OCH3 is 1. The number of carbonyl (C=O) groups excluding carboxylic acids is 2. The van der Waals surface area contributed by atoms with Gasteiger partial charge in [-0.2, -0.15) is 0 Å². The average Bonchev–Trinajstić information content (AvgIpc) is 3.04. The summed E-state index contributed by atoms with van der Waals surface area (Å²) >= 11 is 0. The van der Waals surface area contributed by atoms with Crippen LogP contribution in [0.25, 0.3) is 21.5 Å². The fourth-order valence-corrected chi connectivity index (χ4v) is 5.16. The highest BCUT2D eigenvalue weighted by Crippen LogP contribution is 2.40. The van der Waals surface area contributed by atoms with Crippen LogP contribution in [0, 0.1) is 0 Å². The van der Waals surface area contributed by atoms with Crippen molar-refractivity contribution in [1.29, 1.82) is 0 Å². The van der Waals surface area contributed by atoms with Gasteiger partial charge in [0.1, 0.15) is 18.0 Å². The highest BCUT2D eigenvalue weighted by Gasteiger charge is 2.21. The first kappa shape index (κ1) is 29.1. The fourth-order valence-electron chi connectivity index (χ4n) is 5.16. The molecule has 2 unspecified atom stereocenters. The summed E-state index contributed by atoms with van der Waals surface area (Å²) in [7, 11) is 1.63. The summed E-state index contributed by atoms with van der Waals surface area (Å²) in [5.74, 6) is -0.322. The molecular weight excluding hydrogens is 538 g/mol. The van der Waals surface area contributed by atoms with E-state index in [1.54, 1.807) is 21.0 Å². The number of hydrogen-bond acceptors (Lipinski definition) is 6. The Morgan fingerprint density at radius 3 is 1.81 bits per heavy atom. The average molecular weight is 572 g/mol. The molecule has 0 N–H and O–H groups in total. The van der Waals surface area contributed by atoms with Crippen LogP contribution < -0.4 is 9.64 Å². The van der Waals surface area contributed by atoms with Crippen LogP contribution in [0.2, 0.25) is 0 Å². The van der Waals surface area contributed by atoms with E-state index in [0.29, 0.717) is 0 Å². The molecule has 0 saturated heterocycles. The van der Waals surface area contributed by atoms with Crippen molar-refractivity contribution in [1.82, 2.24) is 0 Å². The van der Waals surface area contributed by atoms with E-state index in [2.05, 4.69) is 60.5 Å². The third kappa shape index (κ3) is 6.28. The van der Waals surface area contributed by atoms with Crippen LogP contribution in [0.1, 0.15) is 37.2 Å². The van der Waals surface area contributed by atoms with Crippen LogP contribution in [0.5, 0.6) is 5.75 Å². The molecule has 5 aromatic carbocycles. The molecule has 0 aliphatic rings. The fraction of sp³-hybridized carbons (Fsp3) is 0.135. The van der Waals surface area contributed by atoms with Crippen LogP contribution in [-0.4, -0.2) is 19.0 Å². The third-order valence-electron chi connectivity index (χ3n) is 7.40. The molecule has 6 nitrogen and oxygen atoms in total. The number of carbonyl (C=O) groups is 2. The molecule has 0 aliphatic carbocycles. The number of hydrogen-bond donors (Lipinski definition) is 0. The molecule has 5 aromatic rings. The molecule has 216 valence electrons. The van der Waals surface area contributed by atoms with Crippen molar-refractivity contribution in [3.05, 3.63) is 133 Å². The second-order valence-electron chi connectivity index (χ2n) is 10.1. The molecule has 0 radical (unpaired) electrons. The zero-order chi connectivity index (χ0) is 30.5. The molecule has 0 fully saturated rings. The molecule has 6 heteroatoms. The smallest absolute Gasteiger partial charge is 0.330 e. The minimum Gasteiger partial charge on any atom is -0.497 e. The number of nitrogens with zero attached hydrogens (tertiary/aromatic N) is 1. The van der Waals surface area contributed by atoms with E-state index < -0.39 is 24.1 Å². The van der Waals surface area contributed by atoms with E-state index >= 15 is 0 Å². The van der Waals surface area contributed by atoms with Crippen molar-refractivity contribution in [2.75, 3.05) is 12.0 Å². The van der Waals surface area contributed by atoms with Crippen molar-refractivity contribution in [2.45, 2.75) is 26.1 Å². The van der Waals surface area contributed by atoms with Gasteiger partial charge in [0.2, 0.25) is 0 Å². The quantitative estimate of drug-likeness (QED) is 0.0947. The van der Waals surface area contributed by atoms with Crippen LogP contribution in [-0.2, 0) is 19.1 Å². The van der Waals surface area contributed by atoms with Gasteiger partial charge < -0.3 is 19.1 Å². The maximum absolute atomic E-state index is 12.1. The normalized spacial score (nSPS) is 12.3. The Labute approximate surface area is 251 Å². The first-order valence-electron chi connectivity index (χ1n) is 14.0. The van der Waals surface area contributed by atoms with Crippen molar-refractivity contribution in [2.24, 2.45) is 0 Å². The predicted molar refractivity (Wildman–Crippen MR) is 172 cm³/mol. The Morgan fingerprint density at radius 1 is 0.651 bits per heavy atom. The van der Waals surface area contributed by atoms with Gasteiger partial charge in [-0.15, -0.1) is 0 Å². The third-order valence-corrected chi connectivity index (χ3v) is 7.40. The van der Waals surface area contributed by atoms with Gasteiger partial charge in [0.15, 0.2) is 0 Å². The van der Waals surface area contributed by atoms with E-state index in [1.165, 1.54) is 10.8 Å². The van der Waals surface area contributed by atoms with Crippen LogP contribution in [0.4, 0.5) is 17.1 Å². The topological polar surface area (TPSA) is 65.1 Å². The number of ether oxygens (including phenoxy) is 3. The minimum atomic E-state index is -0.591. The van der Waals surface area contributed by atoms with E-state index in [9.17, 15) is 9.59 Å². The molecule has 0 saturated carbocycles. The van der Waals surface area contributed by atoms with Gasteiger partial charge in [0, 0.05) is 29.2 Å². The van der Waals surface area contributed by atoms with E-state index in [1.807, 2.05) is 54.6 Å². The zero-order valence-corrected chi connectivity index (χ0v) is 24.4. The second-order valence-corrected chi connectivity index (χ2v) is 10.1. The lowest BCUT2D eigenvalue weighted by molar-refractivity contribution is -0.143. The van der Waals surface area contributed by atoms with Crippen LogP contribution >= 0.6 is 0 Å². The Hall–Kier alpha value is -5.36. The largest absolute Gasteiger partial charge is 0.497 e. The Morgan fingerprint density at radius 2 is 1.21 bits per heavy atom. The highest BCUT2D eigenvalue weighted by molar-refractivity contribution is 6.08. The summed E-state index contributed by atoms with van der Waals surface area (Å²) in [4.78, 5) is 26.3. The Kier molecular flexibility index (Phi) is 8.58. The minimum absolute atomic E-state index is 0.528. The number of rotatable bonds is 10. The maximum atomic E-state index is 12.1. The second kappa shape index (κ2) is 12.7. The monoisotopic (exact) mass is 571 g/mol. The molecule has 5 rings (SSSR count). The molecule has 0 bridgehead atoms. The van der Waals surface area contributed by atoms with Gasteiger partial charge in [-0.1, -0.05) is 55.6 Å². The standard InChI is InChI=1S/C37H33NO5/c1-6-36(39)42-24(3)28-20-29(25(4)43-37(40)7-2)23-32(22-28)38(30-14-17-33(41-5)18-15-30)31-16-19-35-27(21-31)13-12-26-10-8-9-11-34(26)35/h6-25H,1-2H2,3-5H3. The van der Waals surface area contributed by atoms with Crippen molar-refractivity contribution < 1.29 is 23.8 Å². The van der Waals surface area contributed by atoms with Crippen LogP contribution in [0.15, 0.2) is 122 Å². The summed E-state index contributed by atoms with van der Waals surface area (Å²) in [5.41, 5.74) is 4.06. The Bertz CT molecular complexity index is 1780. The number of benzene rings is 5.